The summed E-state index contributed by atoms with van der Waals surface area (Å²) in [6, 6.07) is 5.73. The third kappa shape index (κ3) is 3.61. The molecule has 0 unspecified atom stereocenters. The van der Waals surface area contributed by atoms with Crippen LogP contribution in [0.4, 0.5) is 14.6 Å². The number of hydrogen-bond donors (Lipinski definition) is 1. The SMILES string of the molecule is CCNc1nc(Oc2ccc(Cl)c(CC)c2)c(F)cc1F. The van der Waals surface area contributed by atoms with Gasteiger partial charge >= 0.3 is 0 Å². The molecule has 0 aliphatic carbocycles. The number of anilines is 1. The summed E-state index contributed by atoms with van der Waals surface area (Å²) in [5.74, 6) is -1.54. The van der Waals surface area contributed by atoms with Crippen molar-refractivity contribution in [3.05, 3.63) is 46.5 Å². The second-order valence-corrected chi connectivity index (χ2v) is 4.75. The van der Waals surface area contributed by atoms with Crippen LogP contribution in [0, 0.1) is 11.6 Å². The number of pyridine rings is 1. The largest absolute Gasteiger partial charge is 0.436 e. The molecule has 0 atom stereocenters. The summed E-state index contributed by atoms with van der Waals surface area (Å²) in [7, 11) is 0. The van der Waals surface area contributed by atoms with Crippen molar-refractivity contribution in [1.29, 1.82) is 0 Å². The lowest BCUT2D eigenvalue weighted by Crippen LogP contribution is -2.04. The molecule has 21 heavy (non-hydrogen) atoms. The normalized spacial score (nSPS) is 10.5. The van der Waals surface area contributed by atoms with Crippen LogP contribution in [0.5, 0.6) is 11.6 Å². The van der Waals surface area contributed by atoms with Crippen molar-refractivity contribution in [2.75, 3.05) is 11.9 Å². The van der Waals surface area contributed by atoms with Crippen LogP contribution in [0.25, 0.3) is 0 Å². The van der Waals surface area contributed by atoms with Crippen molar-refractivity contribution >= 4 is 17.4 Å². The van der Waals surface area contributed by atoms with E-state index < -0.39 is 11.6 Å². The molecule has 0 saturated heterocycles. The molecule has 2 aromatic rings. The average molecular weight is 313 g/mol. The van der Waals surface area contributed by atoms with E-state index in [0.717, 1.165) is 18.1 Å². The lowest BCUT2D eigenvalue weighted by atomic mass is 10.1. The van der Waals surface area contributed by atoms with Crippen LogP contribution in [-0.2, 0) is 6.42 Å². The second-order valence-electron chi connectivity index (χ2n) is 4.34. The number of nitrogens with zero attached hydrogens (tertiary/aromatic N) is 1. The van der Waals surface area contributed by atoms with Gasteiger partial charge in [0.1, 0.15) is 5.75 Å². The molecular formula is C15H15ClF2N2O. The van der Waals surface area contributed by atoms with Crippen molar-refractivity contribution in [1.82, 2.24) is 4.98 Å². The minimum Gasteiger partial charge on any atom is -0.436 e. The summed E-state index contributed by atoms with van der Waals surface area (Å²) in [6.07, 6.45) is 0.720. The third-order valence-corrected chi connectivity index (χ3v) is 3.22. The minimum atomic E-state index is -0.859. The van der Waals surface area contributed by atoms with Crippen LogP contribution in [0.15, 0.2) is 24.3 Å². The van der Waals surface area contributed by atoms with Gasteiger partial charge in [-0.05, 0) is 37.1 Å². The van der Waals surface area contributed by atoms with E-state index in [1.165, 1.54) is 0 Å². The molecule has 0 aliphatic rings. The van der Waals surface area contributed by atoms with Crippen LogP contribution in [0.3, 0.4) is 0 Å². The fourth-order valence-corrected chi connectivity index (χ4v) is 2.06. The fourth-order valence-electron chi connectivity index (χ4n) is 1.81. The zero-order chi connectivity index (χ0) is 15.4. The van der Waals surface area contributed by atoms with Crippen molar-refractivity contribution in [2.45, 2.75) is 20.3 Å². The van der Waals surface area contributed by atoms with Gasteiger partial charge in [-0.2, -0.15) is 4.98 Å². The zero-order valence-corrected chi connectivity index (χ0v) is 12.5. The van der Waals surface area contributed by atoms with Gasteiger partial charge in [0, 0.05) is 17.6 Å². The highest BCUT2D eigenvalue weighted by atomic mass is 35.5. The van der Waals surface area contributed by atoms with Gasteiger partial charge in [-0.15, -0.1) is 0 Å². The lowest BCUT2D eigenvalue weighted by molar-refractivity contribution is 0.417. The maximum atomic E-state index is 13.7. The number of ether oxygens (including phenoxy) is 1. The van der Waals surface area contributed by atoms with Gasteiger partial charge in [0.05, 0.1) is 0 Å². The van der Waals surface area contributed by atoms with Gasteiger partial charge in [-0.3, -0.25) is 0 Å². The molecular weight excluding hydrogens is 298 g/mol. The molecule has 1 N–H and O–H groups in total. The van der Waals surface area contributed by atoms with Gasteiger partial charge in [0.25, 0.3) is 5.88 Å². The van der Waals surface area contributed by atoms with Crippen LogP contribution < -0.4 is 10.1 Å². The summed E-state index contributed by atoms with van der Waals surface area (Å²) in [6.45, 7) is 4.21. The lowest BCUT2D eigenvalue weighted by Gasteiger charge is -2.10. The molecule has 6 heteroatoms. The molecule has 2 rings (SSSR count). The molecule has 0 amide bonds. The Morgan fingerprint density at radius 1 is 1.19 bits per heavy atom. The minimum absolute atomic E-state index is 0.0430. The van der Waals surface area contributed by atoms with Gasteiger partial charge in [0.15, 0.2) is 17.5 Å². The molecule has 1 aromatic heterocycles. The van der Waals surface area contributed by atoms with E-state index in [0.29, 0.717) is 17.3 Å². The number of hydrogen-bond acceptors (Lipinski definition) is 3. The van der Waals surface area contributed by atoms with Crippen molar-refractivity contribution in [2.24, 2.45) is 0 Å². The number of nitrogens with one attached hydrogen (secondary N) is 1. The highest BCUT2D eigenvalue weighted by Gasteiger charge is 2.14. The van der Waals surface area contributed by atoms with E-state index in [-0.39, 0.29) is 11.7 Å². The van der Waals surface area contributed by atoms with E-state index in [1.54, 1.807) is 25.1 Å². The maximum absolute atomic E-state index is 13.7. The average Bonchev–Trinajstić information content (AvgIpc) is 2.46. The first kappa shape index (κ1) is 15.5. The molecule has 1 aromatic carbocycles. The monoisotopic (exact) mass is 312 g/mol. The van der Waals surface area contributed by atoms with Crippen LogP contribution in [0.1, 0.15) is 19.4 Å². The number of rotatable bonds is 5. The highest BCUT2D eigenvalue weighted by molar-refractivity contribution is 6.31. The van der Waals surface area contributed by atoms with Gasteiger partial charge in [-0.1, -0.05) is 18.5 Å². The molecule has 0 fully saturated rings. The Labute approximate surface area is 126 Å². The van der Waals surface area contributed by atoms with Crippen molar-refractivity contribution < 1.29 is 13.5 Å². The standard InChI is InChI=1S/C15H15ClF2N2O/c1-3-9-7-10(5-6-11(9)16)21-15-13(18)8-12(17)14(20-15)19-4-2/h5-8H,3-4H2,1-2H3,(H,19,20). The topological polar surface area (TPSA) is 34.2 Å². The Bertz CT molecular complexity index is 650. The summed E-state index contributed by atoms with van der Waals surface area (Å²) in [4.78, 5) is 3.82. The van der Waals surface area contributed by atoms with Crippen LogP contribution >= 0.6 is 11.6 Å². The first-order valence-corrected chi connectivity index (χ1v) is 6.99. The molecule has 0 aliphatic heterocycles. The summed E-state index contributed by atoms with van der Waals surface area (Å²) < 4.78 is 32.6. The maximum Gasteiger partial charge on any atom is 0.258 e. The zero-order valence-electron chi connectivity index (χ0n) is 11.7. The molecule has 3 nitrogen and oxygen atoms in total. The first-order chi connectivity index (χ1) is 10.0. The Balaban J connectivity index is 2.32. The van der Waals surface area contributed by atoms with Crippen molar-refractivity contribution in [3.8, 4) is 11.6 Å². The quantitative estimate of drug-likeness (QED) is 0.861. The van der Waals surface area contributed by atoms with E-state index in [9.17, 15) is 8.78 Å². The fraction of sp³-hybridized carbons (Fsp3) is 0.267. The Hall–Kier alpha value is -1.88. The molecule has 0 spiro atoms. The van der Waals surface area contributed by atoms with E-state index in [2.05, 4.69) is 10.3 Å². The van der Waals surface area contributed by atoms with Gasteiger partial charge < -0.3 is 10.1 Å². The predicted molar refractivity (Wildman–Crippen MR) is 79.2 cm³/mol. The second kappa shape index (κ2) is 6.72. The molecule has 112 valence electrons. The molecule has 0 bridgehead atoms. The first-order valence-electron chi connectivity index (χ1n) is 6.61. The molecule has 1 heterocycles. The highest BCUT2D eigenvalue weighted by Crippen LogP contribution is 2.29. The Morgan fingerprint density at radius 3 is 2.62 bits per heavy atom. The van der Waals surface area contributed by atoms with E-state index >= 15 is 0 Å². The molecule has 0 saturated carbocycles. The van der Waals surface area contributed by atoms with Crippen molar-refractivity contribution in [3.63, 3.8) is 0 Å². The number of aromatic nitrogens is 1. The number of aryl methyl sites for hydroxylation is 1. The number of halogens is 3. The Kier molecular flexibility index (Phi) is 4.96. The predicted octanol–water partition coefficient (Wildman–Crippen LogP) is 4.80. The van der Waals surface area contributed by atoms with Crippen LogP contribution in [-0.4, -0.2) is 11.5 Å². The Morgan fingerprint density at radius 2 is 1.95 bits per heavy atom. The molecule has 0 radical (unpaired) electrons. The van der Waals surface area contributed by atoms with E-state index in [1.807, 2.05) is 6.92 Å². The van der Waals surface area contributed by atoms with E-state index in [4.69, 9.17) is 16.3 Å². The summed E-state index contributed by atoms with van der Waals surface area (Å²) in [5.41, 5.74) is 0.878. The van der Waals surface area contributed by atoms with Crippen LogP contribution in [0.2, 0.25) is 5.02 Å². The smallest absolute Gasteiger partial charge is 0.258 e. The van der Waals surface area contributed by atoms with Gasteiger partial charge in [0.2, 0.25) is 0 Å². The van der Waals surface area contributed by atoms with Gasteiger partial charge in [-0.25, -0.2) is 8.78 Å². The summed E-state index contributed by atoms with van der Waals surface area (Å²) in [5, 5.41) is 3.32. The number of benzene rings is 1. The summed E-state index contributed by atoms with van der Waals surface area (Å²) >= 11 is 6.01. The third-order valence-electron chi connectivity index (χ3n) is 2.85.